The molecule has 0 aliphatic carbocycles. The van der Waals surface area contributed by atoms with Gasteiger partial charge in [-0.15, -0.1) is 0 Å². The van der Waals surface area contributed by atoms with Crippen LogP contribution in [-0.2, 0) is 4.65 Å². The molecule has 0 aliphatic rings. The molecule has 33 heavy (non-hydrogen) atoms. The van der Waals surface area contributed by atoms with E-state index in [9.17, 15) is 5.11 Å². The Kier molecular flexibility index (Phi) is 5.27. The molecule has 0 spiro atoms. The summed E-state index contributed by atoms with van der Waals surface area (Å²) in [5, 5.41) is 17.7. The van der Waals surface area contributed by atoms with Crippen LogP contribution in [0.4, 0.5) is 0 Å². The number of rotatable bonds is 5. The fraction of sp³-hybridized carbons (Fsp3) is 0.200. The Morgan fingerprint density at radius 3 is 1.67 bits per heavy atom. The van der Waals surface area contributed by atoms with Gasteiger partial charge in [0, 0.05) is 0 Å². The van der Waals surface area contributed by atoms with Gasteiger partial charge in [-0.1, -0.05) is 91.0 Å². The van der Waals surface area contributed by atoms with Gasteiger partial charge in [-0.25, -0.2) is 0 Å². The monoisotopic (exact) mass is 431 g/mol. The van der Waals surface area contributed by atoms with Gasteiger partial charge in [0.25, 0.3) is 0 Å². The molecule has 5 rings (SSSR count). The molecule has 0 heterocycles. The largest absolute Gasteiger partial charge is 0.427 e. The van der Waals surface area contributed by atoms with Gasteiger partial charge in [0.05, 0.1) is 11.2 Å². The molecule has 0 atom stereocenters. The lowest BCUT2D eigenvalue weighted by molar-refractivity contribution is -0.0892. The summed E-state index contributed by atoms with van der Waals surface area (Å²) in [6.45, 7) is 7.39. The second-order valence-electron chi connectivity index (χ2n) is 9.71. The van der Waals surface area contributed by atoms with Crippen molar-refractivity contribution in [2.75, 3.05) is 0 Å². The predicted molar refractivity (Wildman–Crippen MR) is 141 cm³/mol. The summed E-state index contributed by atoms with van der Waals surface area (Å²) < 4.78 is 6.24. The van der Waals surface area contributed by atoms with Crippen LogP contribution in [0.1, 0.15) is 27.7 Å². The summed E-state index contributed by atoms with van der Waals surface area (Å²) in [5.74, 6) is 0. The summed E-state index contributed by atoms with van der Waals surface area (Å²) in [5.41, 5.74) is 1.76. The molecule has 0 bridgehead atoms. The van der Waals surface area contributed by atoms with Crippen molar-refractivity contribution in [2.24, 2.45) is 0 Å². The van der Waals surface area contributed by atoms with Crippen LogP contribution in [0.2, 0.25) is 0 Å². The lowest BCUT2D eigenvalue weighted by atomic mass is 9.75. The van der Waals surface area contributed by atoms with E-state index in [-0.39, 0.29) is 0 Å². The van der Waals surface area contributed by atoms with E-state index < -0.39 is 11.2 Å². The SMILES string of the molecule is CC(C)(O)C(C)(C)O[B]c1c2ccccc2c(-c2cccc3ccccc23)c2ccccc12. The zero-order valence-electron chi connectivity index (χ0n) is 19.6. The topological polar surface area (TPSA) is 29.5 Å². The average Bonchev–Trinajstić information content (AvgIpc) is 2.81. The first-order valence-electron chi connectivity index (χ1n) is 11.4. The van der Waals surface area contributed by atoms with Gasteiger partial charge < -0.3 is 9.76 Å². The van der Waals surface area contributed by atoms with Crippen LogP contribution in [0.5, 0.6) is 0 Å². The fourth-order valence-corrected chi connectivity index (χ4v) is 4.37. The molecule has 0 unspecified atom stereocenters. The van der Waals surface area contributed by atoms with Gasteiger partial charge in [0.1, 0.15) is 0 Å². The van der Waals surface area contributed by atoms with Crippen LogP contribution in [-0.4, -0.2) is 23.8 Å². The average molecular weight is 431 g/mol. The minimum atomic E-state index is -0.988. The molecule has 0 saturated carbocycles. The molecular weight excluding hydrogens is 403 g/mol. The maximum atomic E-state index is 10.6. The van der Waals surface area contributed by atoms with Crippen molar-refractivity contribution >= 4 is 45.3 Å². The van der Waals surface area contributed by atoms with Crippen LogP contribution in [0.3, 0.4) is 0 Å². The Morgan fingerprint density at radius 1 is 0.606 bits per heavy atom. The van der Waals surface area contributed by atoms with Gasteiger partial charge in [-0.2, -0.15) is 0 Å². The van der Waals surface area contributed by atoms with E-state index in [1.165, 1.54) is 32.7 Å². The van der Waals surface area contributed by atoms with Crippen molar-refractivity contribution < 1.29 is 9.76 Å². The predicted octanol–water partition coefficient (Wildman–Crippen LogP) is 6.62. The summed E-state index contributed by atoms with van der Waals surface area (Å²) in [7, 11) is 1.83. The molecule has 0 aliphatic heterocycles. The fourth-order valence-electron chi connectivity index (χ4n) is 4.37. The van der Waals surface area contributed by atoms with E-state index in [0.29, 0.717) is 0 Å². The molecule has 0 amide bonds. The van der Waals surface area contributed by atoms with Crippen molar-refractivity contribution in [1.82, 2.24) is 0 Å². The molecular formula is C30H28BO2. The second kappa shape index (κ2) is 8.02. The Balaban J connectivity index is 1.81. The third-order valence-electron chi connectivity index (χ3n) is 6.98. The standard InChI is InChI=1S/C30H28BO2/c1-29(2,32)30(3,4)33-31-28-25-17-9-7-15-23(25)27(24-16-8-10-18-26(24)28)22-19-11-13-20-12-5-6-14-21(20)22/h5-19,32H,1-4H3. The third kappa shape index (κ3) is 3.72. The molecule has 163 valence electrons. The van der Waals surface area contributed by atoms with Crippen LogP contribution in [0.25, 0.3) is 43.4 Å². The zero-order chi connectivity index (χ0) is 23.2. The van der Waals surface area contributed by atoms with E-state index in [1.807, 2.05) is 21.3 Å². The first-order valence-corrected chi connectivity index (χ1v) is 11.4. The third-order valence-corrected chi connectivity index (χ3v) is 6.98. The molecule has 3 heteroatoms. The highest BCUT2D eigenvalue weighted by Crippen LogP contribution is 2.39. The van der Waals surface area contributed by atoms with Crippen molar-refractivity contribution in [1.29, 1.82) is 0 Å². The Hall–Kier alpha value is -3.14. The van der Waals surface area contributed by atoms with Crippen LogP contribution < -0.4 is 5.46 Å². The zero-order valence-corrected chi connectivity index (χ0v) is 19.6. The molecule has 2 nitrogen and oxygen atoms in total. The van der Waals surface area contributed by atoms with E-state index in [4.69, 9.17) is 4.65 Å². The van der Waals surface area contributed by atoms with Crippen molar-refractivity contribution in [3.05, 3.63) is 91.0 Å². The second-order valence-corrected chi connectivity index (χ2v) is 9.71. The van der Waals surface area contributed by atoms with Gasteiger partial charge in [0.2, 0.25) is 0 Å². The first-order chi connectivity index (χ1) is 15.8. The van der Waals surface area contributed by atoms with E-state index in [0.717, 1.165) is 16.2 Å². The number of aliphatic hydroxyl groups is 1. The van der Waals surface area contributed by atoms with Crippen LogP contribution >= 0.6 is 0 Å². The normalized spacial score (nSPS) is 12.5. The smallest absolute Gasteiger partial charge is 0.332 e. The van der Waals surface area contributed by atoms with Crippen LogP contribution in [0, 0.1) is 0 Å². The van der Waals surface area contributed by atoms with Gasteiger partial charge in [-0.3, -0.25) is 0 Å². The van der Waals surface area contributed by atoms with Gasteiger partial charge in [-0.05, 0) is 76.6 Å². The Labute approximate surface area is 196 Å². The van der Waals surface area contributed by atoms with Gasteiger partial charge in [0.15, 0.2) is 0 Å². The quantitative estimate of drug-likeness (QED) is 0.250. The molecule has 1 N–H and O–H groups in total. The highest BCUT2D eigenvalue weighted by molar-refractivity contribution is 6.57. The molecule has 0 saturated heterocycles. The van der Waals surface area contributed by atoms with Crippen molar-refractivity contribution in [2.45, 2.75) is 38.9 Å². The lowest BCUT2D eigenvalue weighted by Gasteiger charge is -2.37. The summed E-state index contributed by atoms with van der Waals surface area (Å²) in [6.07, 6.45) is 0. The number of hydrogen-bond donors (Lipinski definition) is 1. The highest BCUT2D eigenvalue weighted by Gasteiger charge is 2.36. The van der Waals surface area contributed by atoms with E-state index >= 15 is 0 Å². The molecule has 0 fully saturated rings. The molecule has 0 aromatic heterocycles. The number of benzene rings is 5. The Morgan fingerprint density at radius 2 is 1.09 bits per heavy atom. The maximum absolute atomic E-state index is 10.6. The number of hydrogen-bond acceptors (Lipinski definition) is 2. The minimum Gasteiger partial charge on any atom is -0.427 e. The molecule has 5 aromatic carbocycles. The summed E-state index contributed by atoms with van der Waals surface area (Å²) >= 11 is 0. The first kappa shape index (κ1) is 21.7. The van der Waals surface area contributed by atoms with Crippen molar-refractivity contribution in [3.63, 3.8) is 0 Å². The van der Waals surface area contributed by atoms with Crippen LogP contribution in [0.15, 0.2) is 91.0 Å². The van der Waals surface area contributed by atoms with Gasteiger partial charge >= 0.3 is 7.48 Å². The highest BCUT2D eigenvalue weighted by atomic mass is 16.5. The number of fused-ring (bicyclic) bond motifs is 3. The lowest BCUT2D eigenvalue weighted by Crippen LogP contribution is -2.49. The Bertz CT molecular complexity index is 1420. The summed E-state index contributed by atoms with van der Waals surface area (Å²) in [4.78, 5) is 0. The minimum absolute atomic E-state index is 0.747. The summed E-state index contributed by atoms with van der Waals surface area (Å²) in [6, 6.07) is 32.1. The van der Waals surface area contributed by atoms with Crippen molar-refractivity contribution in [3.8, 4) is 11.1 Å². The molecule has 1 radical (unpaired) electrons. The van der Waals surface area contributed by atoms with E-state index in [1.54, 1.807) is 13.8 Å². The maximum Gasteiger partial charge on any atom is 0.332 e. The molecule has 5 aromatic rings. The van der Waals surface area contributed by atoms with E-state index in [2.05, 4.69) is 91.0 Å².